The zero-order valence-electron chi connectivity index (χ0n) is 17.5. The van der Waals surface area contributed by atoms with Crippen LogP contribution in [-0.2, 0) is 16.0 Å². The predicted octanol–water partition coefficient (Wildman–Crippen LogP) is 6.82. The molecule has 34 heavy (non-hydrogen) atoms. The van der Waals surface area contributed by atoms with Crippen LogP contribution in [0.5, 0.6) is 0 Å². The molecule has 170 valence electrons. The molecule has 1 heterocycles. The smallest absolute Gasteiger partial charge is 0.269 e. The molecule has 0 aromatic heterocycles. The molecular formula is C25H16BrCl2N3O2S. The van der Waals surface area contributed by atoms with Gasteiger partial charge in [-0.25, -0.2) is 0 Å². The Labute approximate surface area is 219 Å². The molecule has 0 spiro atoms. The number of hydrogen-bond donors (Lipinski definition) is 1. The summed E-state index contributed by atoms with van der Waals surface area (Å²) in [6, 6.07) is 23.0. The Kier molecular flexibility index (Phi) is 7.64. The van der Waals surface area contributed by atoms with Crippen LogP contribution in [-0.4, -0.2) is 17.1 Å². The van der Waals surface area contributed by atoms with E-state index in [0.29, 0.717) is 27.8 Å². The third-order valence-electron chi connectivity index (χ3n) is 5.06. The van der Waals surface area contributed by atoms with Crippen molar-refractivity contribution in [3.63, 3.8) is 0 Å². The van der Waals surface area contributed by atoms with Crippen LogP contribution in [0, 0.1) is 11.3 Å². The van der Waals surface area contributed by atoms with E-state index in [1.807, 2.05) is 24.3 Å². The largest absolute Gasteiger partial charge is 0.321 e. The van der Waals surface area contributed by atoms with Crippen molar-refractivity contribution in [2.24, 2.45) is 0 Å². The first-order chi connectivity index (χ1) is 16.4. The molecule has 0 aliphatic carbocycles. The van der Waals surface area contributed by atoms with Crippen LogP contribution in [0.4, 0.5) is 11.4 Å². The third kappa shape index (κ3) is 5.31. The van der Waals surface area contributed by atoms with E-state index < -0.39 is 11.2 Å². The van der Waals surface area contributed by atoms with Crippen molar-refractivity contribution in [3.05, 3.63) is 103 Å². The highest BCUT2D eigenvalue weighted by atomic mass is 79.9. The molecule has 0 radical (unpaired) electrons. The second-order valence-electron chi connectivity index (χ2n) is 7.31. The molecule has 3 aromatic carbocycles. The minimum Gasteiger partial charge on any atom is -0.321 e. The fourth-order valence-corrected chi connectivity index (χ4v) is 5.30. The summed E-state index contributed by atoms with van der Waals surface area (Å²) in [4.78, 5) is 28.0. The van der Waals surface area contributed by atoms with E-state index in [-0.39, 0.29) is 16.5 Å². The van der Waals surface area contributed by atoms with Gasteiger partial charge in [-0.05, 0) is 66.6 Å². The molecule has 1 unspecified atom stereocenters. The van der Waals surface area contributed by atoms with Gasteiger partial charge in [0.1, 0.15) is 16.7 Å². The van der Waals surface area contributed by atoms with Gasteiger partial charge < -0.3 is 5.32 Å². The predicted molar refractivity (Wildman–Crippen MR) is 141 cm³/mol. The second-order valence-corrected chi connectivity index (χ2v) is 10.3. The average Bonchev–Trinajstić information content (AvgIpc) is 3.13. The molecular weight excluding hydrogens is 557 g/mol. The second kappa shape index (κ2) is 10.7. The Morgan fingerprint density at radius 2 is 1.74 bits per heavy atom. The number of carbonyl (C=O) groups excluding carboxylic acids is 2. The third-order valence-corrected chi connectivity index (χ3v) is 7.47. The van der Waals surface area contributed by atoms with Gasteiger partial charge in [0.25, 0.3) is 5.91 Å². The molecule has 5 nitrogen and oxygen atoms in total. The summed E-state index contributed by atoms with van der Waals surface area (Å²) in [7, 11) is 0. The maximum absolute atomic E-state index is 13.5. The molecule has 1 saturated heterocycles. The van der Waals surface area contributed by atoms with E-state index in [4.69, 9.17) is 23.2 Å². The molecule has 4 rings (SSSR count). The van der Waals surface area contributed by atoms with Gasteiger partial charge in [0, 0.05) is 25.9 Å². The number of rotatable bonds is 5. The molecule has 9 heteroatoms. The molecule has 1 atom stereocenters. The molecule has 1 aliphatic rings. The first-order valence-corrected chi connectivity index (χ1v) is 12.5. The van der Waals surface area contributed by atoms with Crippen LogP contribution in [0.2, 0.25) is 10.0 Å². The van der Waals surface area contributed by atoms with E-state index >= 15 is 0 Å². The van der Waals surface area contributed by atoms with Crippen LogP contribution in [0.3, 0.4) is 0 Å². The first kappa shape index (κ1) is 24.4. The normalized spacial score (nSPS) is 16.8. The van der Waals surface area contributed by atoms with E-state index in [1.54, 1.807) is 54.6 Å². The Bertz CT molecular complexity index is 1320. The molecule has 1 fully saturated rings. The van der Waals surface area contributed by atoms with Gasteiger partial charge >= 0.3 is 0 Å². The van der Waals surface area contributed by atoms with E-state index in [1.165, 1.54) is 16.7 Å². The molecule has 3 aromatic rings. The van der Waals surface area contributed by atoms with Crippen molar-refractivity contribution in [1.29, 1.82) is 5.26 Å². The summed E-state index contributed by atoms with van der Waals surface area (Å²) >= 11 is 16.8. The Hall–Kier alpha value is -2.76. The number of nitriles is 1. The summed E-state index contributed by atoms with van der Waals surface area (Å²) < 4.78 is 0.842. The average molecular weight is 573 g/mol. The topological polar surface area (TPSA) is 73.2 Å². The summed E-state index contributed by atoms with van der Waals surface area (Å²) in [6.07, 6.45) is 0.358. The number of thioether (sulfide) groups is 1. The van der Waals surface area contributed by atoms with Gasteiger partial charge in [-0.2, -0.15) is 5.26 Å². The highest BCUT2D eigenvalue weighted by Gasteiger charge is 2.41. The van der Waals surface area contributed by atoms with Crippen LogP contribution < -0.4 is 10.2 Å². The van der Waals surface area contributed by atoms with Gasteiger partial charge in [0.2, 0.25) is 5.91 Å². The minimum absolute atomic E-state index is 0.155. The van der Waals surface area contributed by atoms with Crippen molar-refractivity contribution in [2.45, 2.75) is 11.7 Å². The number of amides is 2. The van der Waals surface area contributed by atoms with E-state index in [0.717, 1.165) is 10.0 Å². The molecule has 1 N–H and O–H groups in total. The summed E-state index contributed by atoms with van der Waals surface area (Å²) in [5.41, 5.74) is 1.71. The van der Waals surface area contributed by atoms with Crippen molar-refractivity contribution in [3.8, 4) is 6.07 Å². The SMILES string of the molecule is N#CC(C(=O)Nc1ccc(Cl)cc1)=C1SC(Cc2ccccc2Cl)C(=O)N1c1ccc(Br)cc1. The van der Waals surface area contributed by atoms with E-state index in [2.05, 4.69) is 21.2 Å². The van der Waals surface area contributed by atoms with Crippen molar-refractivity contribution in [1.82, 2.24) is 0 Å². The summed E-state index contributed by atoms with van der Waals surface area (Å²) in [6.45, 7) is 0. The number of halogens is 3. The van der Waals surface area contributed by atoms with Gasteiger partial charge in [-0.1, -0.05) is 69.1 Å². The highest BCUT2D eigenvalue weighted by molar-refractivity contribution is 9.10. The maximum Gasteiger partial charge on any atom is 0.269 e. The number of nitrogens with one attached hydrogen (secondary N) is 1. The zero-order valence-corrected chi connectivity index (χ0v) is 21.4. The molecule has 2 amide bonds. The van der Waals surface area contributed by atoms with Crippen LogP contribution in [0.1, 0.15) is 5.56 Å². The number of carbonyl (C=O) groups is 2. The number of anilines is 2. The van der Waals surface area contributed by atoms with Crippen LogP contribution in [0.15, 0.2) is 87.9 Å². The van der Waals surface area contributed by atoms with Crippen molar-refractivity contribution >= 4 is 74.1 Å². The number of hydrogen-bond acceptors (Lipinski definition) is 4. The standard InChI is InChI=1S/C25H16BrCl2N3O2S/c26-16-5-11-19(12-6-16)31-24(33)22(13-15-3-1-2-4-21(15)28)34-25(31)20(14-29)23(32)30-18-9-7-17(27)8-10-18/h1-12,22H,13H2,(H,30,32). The van der Waals surface area contributed by atoms with Gasteiger partial charge in [0.05, 0.1) is 5.25 Å². The van der Waals surface area contributed by atoms with E-state index in [9.17, 15) is 14.9 Å². The number of benzene rings is 3. The lowest BCUT2D eigenvalue weighted by atomic mass is 10.1. The lowest BCUT2D eigenvalue weighted by molar-refractivity contribution is -0.117. The van der Waals surface area contributed by atoms with Gasteiger partial charge in [-0.15, -0.1) is 0 Å². The zero-order chi connectivity index (χ0) is 24.2. The fraction of sp³-hybridized carbons (Fsp3) is 0.0800. The highest BCUT2D eigenvalue weighted by Crippen LogP contribution is 2.42. The van der Waals surface area contributed by atoms with Crippen LogP contribution in [0.25, 0.3) is 0 Å². The number of nitrogens with zero attached hydrogens (tertiary/aromatic N) is 2. The monoisotopic (exact) mass is 571 g/mol. The Morgan fingerprint density at radius 1 is 1.06 bits per heavy atom. The minimum atomic E-state index is -0.611. The fourth-order valence-electron chi connectivity index (χ4n) is 3.40. The first-order valence-electron chi connectivity index (χ1n) is 10.1. The summed E-state index contributed by atoms with van der Waals surface area (Å²) in [5.74, 6) is -0.838. The molecule has 0 saturated carbocycles. The van der Waals surface area contributed by atoms with Crippen molar-refractivity contribution in [2.75, 3.05) is 10.2 Å². The Morgan fingerprint density at radius 3 is 2.38 bits per heavy atom. The van der Waals surface area contributed by atoms with Gasteiger partial charge in [-0.3, -0.25) is 14.5 Å². The Balaban J connectivity index is 1.73. The molecule has 0 bridgehead atoms. The maximum atomic E-state index is 13.5. The van der Waals surface area contributed by atoms with Crippen LogP contribution >= 0.6 is 50.9 Å². The lowest BCUT2D eigenvalue weighted by Crippen LogP contribution is -2.31. The quantitative estimate of drug-likeness (QED) is 0.269. The molecule has 1 aliphatic heterocycles. The summed E-state index contributed by atoms with van der Waals surface area (Å²) in [5, 5.41) is 13.4. The lowest BCUT2D eigenvalue weighted by Gasteiger charge is -2.19. The van der Waals surface area contributed by atoms with Crippen molar-refractivity contribution < 1.29 is 9.59 Å². The van der Waals surface area contributed by atoms with Gasteiger partial charge in [0.15, 0.2) is 0 Å².